The summed E-state index contributed by atoms with van der Waals surface area (Å²) in [4.78, 5) is -0.110. The molecule has 1 rings (SSSR count). The normalized spacial score (nSPS) is 14.5. The zero-order chi connectivity index (χ0) is 15.6. The van der Waals surface area contributed by atoms with Crippen LogP contribution in [0.1, 0.15) is 24.7 Å². The third-order valence-corrected chi connectivity index (χ3v) is 4.26. The highest BCUT2D eigenvalue weighted by molar-refractivity contribution is 7.89. The first kappa shape index (κ1) is 16.9. The van der Waals surface area contributed by atoms with Gasteiger partial charge >= 0.3 is 6.18 Å². The maximum Gasteiger partial charge on any atom is 0.390 e. The number of nitrogens with one attached hydrogen (secondary N) is 3. The number of aromatic nitrogens is 2. The van der Waals surface area contributed by atoms with Crippen molar-refractivity contribution in [3.8, 4) is 0 Å². The van der Waals surface area contributed by atoms with Crippen molar-refractivity contribution in [3.63, 3.8) is 0 Å². The van der Waals surface area contributed by atoms with Gasteiger partial charge in [-0.25, -0.2) is 13.1 Å². The van der Waals surface area contributed by atoms with Crippen LogP contribution in [0, 0.1) is 6.92 Å². The lowest BCUT2D eigenvalue weighted by Gasteiger charge is -2.16. The maximum atomic E-state index is 12.2. The molecule has 1 aromatic heterocycles. The molecule has 0 aromatic carbocycles. The Morgan fingerprint density at radius 3 is 2.50 bits per heavy atom. The quantitative estimate of drug-likeness (QED) is 0.733. The fraction of sp³-hybridized carbons (Fsp3) is 0.700. The van der Waals surface area contributed by atoms with Gasteiger partial charge in [-0.15, -0.1) is 0 Å². The lowest BCUT2D eigenvalue weighted by atomic mass is 10.2. The summed E-state index contributed by atoms with van der Waals surface area (Å²) < 4.78 is 63.0. The van der Waals surface area contributed by atoms with Gasteiger partial charge in [0.15, 0.2) is 0 Å². The number of rotatable bonds is 6. The third-order valence-electron chi connectivity index (χ3n) is 2.47. The molecule has 0 saturated heterocycles. The number of aromatic amines is 1. The molecule has 1 aromatic rings. The van der Waals surface area contributed by atoms with E-state index in [4.69, 9.17) is 0 Å². The second kappa shape index (κ2) is 6.10. The highest BCUT2D eigenvalue weighted by atomic mass is 32.2. The Morgan fingerprint density at radius 2 is 2.00 bits per heavy atom. The van der Waals surface area contributed by atoms with Crippen LogP contribution in [0.5, 0.6) is 0 Å². The van der Waals surface area contributed by atoms with Gasteiger partial charge in [0.05, 0.1) is 17.8 Å². The standard InChI is InChI=1S/C10H17F3N4O2S/c1-6(4-10(11,12)13)17-20(18,19)9-7(2)15-16-8(9)5-14-3/h6,14,17H,4-5H2,1-3H3,(H,15,16). The molecular weight excluding hydrogens is 297 g/mol. The van der Waals surface area contributed by atoms with E-state index in [1.807, 2.05) is 4.72 Å². The molecule has 0 saturated carbocycles. The summed E-state index contributed by atoms with van der Waals surface area (Å²) in [5.41, 5.74) is 0.513. The van der Waals surface area contributed by atoms with Crippen LogP contribution in [-0.4, -0.2) is 37.9 Å². The summed E-state index contributed by atoms with van der Waals surface area (Å²) in [7, 11) is -2.44. The summed E-state index contributed by atoms with van der Waals surface area (Å²) in [6, 6.07) is -1.25. The molecule has 6 nitrogen and oxygen atoms in total. The number of H-pyrrole nitrogens is 1. The van der Waals surface area contributed by atoms with Gasteiger partial charge in [-0.3, -0.25) is 5.10 Å². The van der Waals surface area contributed by atoms with Gasteiger partial charge in [0, 0.05) is 12.6 Å². The van der Waals surface area contributed by atoms with Crippen LogP contribution in [0.15, 0.2) is 4.90 Å². The Hall–Kier alpha value is -1.13. The topological polar surface area (TPSA) is 86.9 Å². The van der Waals surface area contributed by atoms with Gasteiger partial charge in [-0.1, -0.05) is 0 Å². The van der Waals surface area contributed by atoms with Crippen molar-refractivity contribution >= 4 is 10.0 Å². The van der Waals surface area contributed by atoms with E-state index in [0.29, 0.717) is 0 Å². The van der Waals surface area contributed by atoms with E-state index in [1.165, 1.54) is 6.92 Å². The molecule has 0 aliphatic rings. The first-order chi connectivity index (χ1) is 9.07. The minimum absolute atomic E-state index is 0.110. The molecule has 3 N–H and O–H groups in total. The van der Waals surface area contributed by atoms with Crippen LogP contribution in [0.4, 0.5) is 13.2 Å². The Bertz CT molecular complexity index is 553. The van der Waals surface area contributed by atoms with Crippen molar-refractivity contribution in [2.45, 2.75) is 43.9 Å². The molecule has 20 heavy (non-hydrogen) atoms. The van der Waals surface area contributed by atoms with Crippen molar-refractivity contribution in [1.29, 1.82) is 0 Å². The van der Waals surface area contributed by atoms with Crippen molar-refractivity contribution in [2.24, 2.45) is 0 Å². The zero-order valence-electron chi connectivity index (χ0n) is 11.3. The lowest BCUT2D eigenvalue weighted by molar-refractivity contribution is -0.137. The van der Waals surface area contributed by atoms with Gasteiger partial charge in [-0.2, -0.15) is 18.3 Å². The molecule has 0 radical (unpaired) electrons. The molecule has 0 amide bonds. The Balaban J connectivity index is 2.97. The molecule has 0 spiro atoms. The van der Waals surface area contributed by atoms with Crippen molar-refractivity contribution in [2.75, 3.05) is 7.05 Å². The van der Waals surface area contributed by atoms with Gasteiger partial charge in [0.1, 0.15) is 4.90 Å². The smallest absolute Gasteiger partial charge is 0.314 e. The monoisotopic (exact) mass is 314 g/mol. The number of sulfonamides is 1. The lowest BCUT2D eigenvalue weighted by Crippen LogP contribution is -2.36. The molecular formula is C10H17F3N4O2S. The van der Waals surface area contributed by atoms with Crippen LogP contribution in [0.25, 0.3) is 0 Å². The highest BCUT2D eigenvalue weighted by Crippen LogP contribution is 2.23. The van der Waals surface area contributed by atoms with Crippen LogP contribution >= 0.6 is 0 Å². The van der Waals surface area contributed by atoms with Crippen molar-refractivity contribution < 1.29 is 21.6 Å². The number of nitrogens with zero attached hydrogens (tertiary/aromatic N) is 1. The molecule has 1 unspecified atom stereocenters. The van der Waals surface area contributed by atoms with E-state index in [0.717, 1.165) is 6.92 Å². The molecule has 1 heterocycles. The van der Waals surface area contributed by atoms with E-state index < -0.39 is 28.7 Å². The van der Waals surface area contributed by atoms with E-state index in [1.54, 1.807) is 7.05 Å². The average molecular weight is 314 g/mol. The fourth-order valence-corrected chi connectivity index (χ4v) is 3.43. The van der Waals surface area contributed by atoms with E-state index in [-0.39, 0.29) is 22.8 Å². The van der Waals surface area contributed by atoms with Crippen LogP contribution in [0.2, 0.25) is 0 Å². The van der Waals surface area contributed by atoms with Crippen molar-refractivity contribution in [3.05, 3.63) is 11.4 Å². The van der Waals surface area contributed by atoms with Crippen LogP contribution in [-0.2, 0) is 16.6 Å². The molecule has 1 atom stereocenters. The van der Waals surface area contributed by atoms with E-state index >= 15 is 0 Å². The van der Waals surface area contributed by atoms with Crippen molar-refractivity contribution in [1.82, 2.24) is 20.2 Å². The molecule has 0 aliphatic carbocycles. The summed E-state index contributed by atoms with van der Waals surface area (Å²) in [6.45, 7) is 2.85. The first-order valence-corrected chi connectivity index (χ1v) is 7.32. The summed E-state index contributed by atoms with van der Waals surface area (Å²) in [6.07, 6.45) is -5.66. The predicted octanol–water partition coefficient (Wildman–Crippen LogP) is 1.06. The molecule has 116 valence electrons. The molecule has 10 heteroatoms. The summed E-state index contributed by atoms with van der Waals surface area (Å²) in [5, 5.41) is 9.09. The number of aryl methyl sites for hydroxylation is 1. The predicted molar refractivity (Wildman–Crippen MR) is 66.5 cm³/mol. The fourth-order valence-electron chi connectivity index (χ4n) is 1.83. The number of hydrogen-bond donors (Lipinski definition) is 3. The summed E-state index contributed by atoms with van der Waals surface area (Å²) in [5.74, 6) is 0. The van der Waals surface area contributed by atoms with E-state index in [2.05, 4.69) is 15.5 Å². The number of alkyl halides is 3. The maximum absolute atomic E-state index is 12.2. The second-order valence-electron chi connectivity index (χ2n) is 4.50. The van der Waals surface area contributed by atoms with Gasteiger partial charge in [-0.05, 0) is 20.9 Å². The van der Waals surface area contributed by atoms with Gasteiger partial charge < -0.3 is 5.32 Å². The number of halogens is 3. The highest BCUT2D eigenvalue weighted by Gasteiger charge is 2.33. The Labute approximate surface area is 115 Å². The molecule has 0 bridgehead atoms. The second-order valence-corrected chi connectivity index (χ2v) is 6.15. The Kier molecular flexibility index (Phi) is 5.16. The molecule has 0 fully saturated rings. The SMILES string of the molecule is CNCc1n[nH]c(C)c1S(=O)(=O)NC(C)CC(F)(F)F. The molecule has 0 aliphatic heterocycles. The largest absolute Gasteiger partial charge is 0.390 e. The van der Waals surface area contributed by atoms with Gasteiger partial charge in [0.25, 0.3) is 0 Å². The van der Waals surface area contributed by atoms with Crippen LogP contribution < -0.4 is 10.0 Å². The summed E-state index contributed by atoms with van der Waals surface area (Å²) >= 11 is 0. The minimum Gasteiger partial charge on any atom is -0.314 e. The third kappa shape index (κ3) is 4.46. The number of hydrogen-bond acceptors (Lipinski definition) is 4. The van der Waals surface area contributed by atoms with E-state index in [9.17, 15) is 21.6 Å². The Morgan fingerprint density at radius 1 is 1.40 bits per heavy atom. The average Bonchev–Trinajstić information content (AvgIpc) is 2.56. The minimum atomic E-state index is -4.43. The van der Waals surface area contributed by atoms with Gasteiger partial charge in [0.2, 0.25) is 10.0 Å². The van der Waals surface area contributed by atoms with Crippen LogP contribution in [0.3, 0.4) is 0 Å². The first-order valence-electron chi connectivity index (χ1n) is 5.84. The zero-order valence-corrected chi connectivity index (χ0v) is 12.1.